The number of nitrogens with zero attached hydrogens (tertiary/aromatic N) is 2. The molecule has 0 radical (unpaired) electrons. The van der Waals surface area contributed by atoms with E-state index < -0.39 is 0 Å². The van der Waals surface area contributed by atoms with E-state index in [1.165, 1.54) is 5.57 Å². The van der Waals surface area contributed by atoms with E-state index in [0.29, 0.717) is 10.0 Å². The third kappa shape index (κ3) is 3.07. The summed E-state index contributed by atoms with van der Waals surface area (Å²) in [6.45, 7) is 3.93. The van der Waals surface area contributed by atoms with Crippen molar-refractivity contribution in [3.63, 3.8) is 0 Å². The molecule has 1 aliphatic heterocycles. The Bertz CT molecular complexity index is 954. The Balaban J connectivity index is 2.00. The minimum Gasteiger partial charge on any atom is -0.313 e. The van der Waals surface area contributed by atoms with Crippen LogP contribution in [0.1, 0.15) is 17.7 Å². The Hall–Kier alpha value is -2.07. The topological polar surface area (TPSA) is 29.9 Å². The average molecular weight is 384 g/mol. The van der Waals surface area contributed by atoms with E-state index in [1.807, 2.05) is 53.2 Å². The first-order chi connectivity index (χ1) is 12.7. The van der Waals surface area contributed by atoms with Crippen LogP contribution in [0.25, 0.3) is 22.5 Å². The maximum Gasteiger partial charge on any atom is 0.0920 e. The lowest BCUT2D eigenvalue weighted by Crippen LogP contribution is -2.20. The maximum absolute atomic E-state index is 6.54. The van der Waals surface area contributed by atoms with E-state index in [2.05, 4.69) is 18.3 Å². The zero-order chi connectivity index (χ0) is 18.1. The maximum atomic E-state index is 6.54. The lowest BCUT2D eigenvalue weighted by atomic mass is 9.99. The zero-order valence-corrected chi connectivity index (χ0v) is 16.0. The molecule has 5 heteroatoms. The number of nitrogens with one attached hydrogen (secondary N) is 1. The Morgan fingerprint density at radius 3 is 2.38 bits per heavy atom. The third-order valence-electron chi connectivity index (χ3n) is 4.69. The van der Waals surface area contributed by atoms with Crippen molar-refractivity contribution in [2.24, 2.45) is 0 Å². The van der Waals surface area contributed by atoms with Crippen LogP contribution in [0.15, 0.2) is 54.6 Å². The van der Waals surface area contributed by atoms with Crippen LogP contribution in [0.4, 0.5) is 0 Å². The highest BCUT2D eigenvalue weighted by molar-refractivity contribution is 6.39. The van der Waals surface area contributed by atoms with Crippen LogP contribution in [0.3, 0.4) is 0 Å². The fourth-order valence-electron chi connectivity index (χ4n) is 3.41. The van der Waals surface area contributed by atoms with Crippen LogP contribution < -0.4 is 5.32 Å². The molecular weight excluding hydrogens is 365 g/mol. The van der Waals surface area contributed by atoms with E-state index >= 15 is 0 Å². The highest BCUT2D eigenvalue weighted by atomic mass is 35.5. The second-order valence-corrected chi connectivity index (χ2v) is 7.16. The highest BCUT2D eigenvalue weighted by Gasteiger charge is 2.23. The van der Waals surface area contributed by atoms with E-state index in [-0.39, 0.29) is 0 Å². The molecule has 0 amide bonds. The molecule has 0 unspecified atom stereocenters. The molecule has 0 spiro atoms. The standard InChI is InChI=1S/C21H19Cl2N3/c1-14-20(15-10-12-24-13-11-15)25-26(16-6-3-2-4-7-16)21(14)19-17(22)8-5-9-18(19)23/h2-10,24H,11-13H2,1H3. The third-order valence-corrected chi connectivity index (χ3v) is 5.32. The predicted octanol–water partition coefficient (Wildman–Crippen LogP) is 5.53. The van der Waals surface area contributed by atoms with Gasteiger partial charge in [0.25, 0.3) is 0 Å². The first-order valence-electron chi connectivity index (χ1n) is 8.66. The quantitative estimate of drug-likeness (QED) is 0.643. The number of para-hydroxylation sites is 1. The van der Waals surface area contributed by atoms with Crippen LogP contribution in [0, 0.1) is 6.92 Å². The summed E-state index contributed by atoms with van der Waals surface area (Å²) in [7, 11) is 0. The summed E-state index contributed by atoms with van der Waals surface area (Å²) in [4.78, 5) is 0. The molecule has 0 bridgehead atoms. The van der Waals surface area contributed by atoms with Gasteiger partial charge in [-0.15, -0.1) is 0 Å². The van der Waals surface area contributed by atoms with Crippen molar-refractivity contribution in [3.8, 4) is 16.9 Å². The number of aromatic nitrogens is 2. The Labute approximate surface area is 163 Å². The monoisotopic (exact) mass is 383 g/mol. The van der Waals surface area contributed by atoms with Gasteiger partial charge in [0.15, 0.2) is 0 Å². The molecule has 0 aliphatic carbocycles. The summed E-state index contributed by atoms with van der Waals surface area (Å²) >= 11 is 13.1. The molecule has 0 fully saturated rings. The molecule has 4 rings (SSSR count). The van der Waals surface area contributed by atoms with Gasteiger partial charge in [0.05, 0.1) is 27.1 Å². The van der Waals surface area contributed by atoms with Crippen LogP contribution in [0.2, 0.25) is 10.0 Å². The van der Waals surface area contributed by atoms with E-state index in [0.717, 1.165) is 47.7 Å². The molecule has 26 heavy (non-hydrogen) atoms. The lowest BCUT2D eigenvalue weighted by Gasteiger charge is -2.13. The SMILES string of the molecule is Cc1c(C2=CCNCC2)nn(-c2ccccc2)c1-c1c(Cl)cccc1Cl. The number of hydrogen-bond acceptors (Lipinski definition) is 2. The van der Waals surface area contributed by atoms with Gasteiger partial charge in [-0.05, 0) is 49.7 Å². The van der Waals surface area contributed by atoms with Crippen molar-refractivity contribution in [1.82, 2.24) is 15.1 Å². The normalized spacial score (nSPS) is 14.3. The van der Waals surface area contributed by atoms with Crippen molar-refractivity contribution in [2.45, 2.75) is 13.3 Å². The highest BCUT2D eigenvalue weighted by Crippen LogP contribution is 2.40. The van der Waals surface area contributed by atoms with Gasteiger partial charge in [-0.25, -0.2) is 4.68 Å². The summed E-state index contributed by atoms with van der Waals surface area (Å²) in [5.41, 5.74) is 6.13. The second-order valence-electron chi connectivity index (χ2n) is 6.35. The minimum absolute atomic E-state index is 0.628. The number of hydrogen-bond donors (Lipinski definition) is 1. The number of rotatable bonds is 3. The first kappa shape index (κ1) is 17.3. The Morgan fingerprint density at radius 1 is 1.00 bits per heavy atom. The zero-order valence-electron chi connectivity index (χ0n) is 14.5. The summed E-state index contributed by atoms with van der Waals surface area (Å²) in [6, 6.07) is 15.7. The summed E-state index contributed by atoms with van der Waals surface area (Å²) in [6.07, 6.45) is 3.18. The van der Waals surface area contributed by atoms with Crippen LogP contribution in [-0.4, -0.2) is 22.9 Å². The lowest BCUT2D eigenvalue weighted by molar-refractivity contribution is 0.734. The number of halogens is 2. The van der Waals surface area contributed by atoms with Gasteiger partial charge in [-0.1, -0.05) is 53.5 Å². The van der Waals surface area contributed by atoms with Gasteiger partial charge < -0.3 is 5.32 Å². The smallest absolute Gasteiger partial charge is 0.0920 e. The van der Waals surface area contributed by atoms with Crippen LogP contribution in [0.5, 0.6) is 0 Å². The Morgan fingerprint density at radius 2 is 1.73 bits per heavy atom. The molecule has 0 atom stereocenters. The van der Waals surface area contributed by atoms with Gasteiger partial charge in [0, 0.05) is 17.7 Å². The number of benzene rings is 2. The molecule has 1 N–H and O–H groups in total. The predicted molar refractivity (Wildman–Crippen MR) is 109 cm³/mol. The van der Waals surface area contributed by atoms with Crippen molar-refractivity contribution >= 4 is 28.8 Å². The molecule has 0 saturated carbocycles. The molecule has 3 aromatic rings. The largest absolute Gasteiger partial charge is 0.313 e. The molecule has 1 aromatic heterocycles. The fourth-order valence-corrected chi connectivity index (χ4v) is 3.99. The second kappa shape index (κ2) is 7.28. The molecule has 2 heterocycles. The van der Waals surface area contributed by atoms with Gasteiger partial charge in [-0.2, -0.15) is 5.10 Å². The van der Waals surface area contributed by atoms with Crippen molar-refractivity contribution in [3.05, 3.63) is 75.9 Å². The molecule has 132 valence electrons. The van der Waals surface area contributed by atoms with E-state index in [4.69, 9.17) is 28.3 Å². The molecule has 1 aliphatic rings. The molecular formula is C21H19Cl2N3. The van der Waals surface area contributed by atoms with Gasteiger partial charge >= 0.3 is 0 Å². The molecule has 0 saturated heterocycles. The first-order valence-corrected chi connectivity index (χ1v) is 9.42. The minimum atomic E-state index is 0.628. The summed E-state index contributed by atoms with van der Waals surface area (Å²) < 4.78 is 1.96. The molecule has 2 aromatic carbocycles. The van der Waals surface area contributed by atoms with Crippen LogP contribution >= 0.6 is 23.2 Å². The summed E-state index contributed by atoms with van der Waals surface area (Å²) in [5.74, 6) is 0. The fraction of sp³-hybridized carbons (Fsp3) is 0.190. The summed E-state index contributed by atoms with van der Waals surface area (Å²) in [5, 5.41) is 9.58. The van der Waals surface area contributed by atoms with Crippen molar-refractivity contribution in [1.29, 1.82) is 0 Å². The van der Waals surface area contributed by atoms with Gasteiger partial charge in [0.1, 0.15) is 0 Å². The van der Waals surface area contributed by atoms with E-state index in [1.54, 1.807) is 0 Å². The van der Waals surface area contributed by atoms with Gasteiger partial charge in [-0.3, -0.25) is 0 Å². The van der Waals surface area contributed by atoms with E-state index in [9.17, 15) is 0 Å². The van der Waals surface area contributed by atoms with Crippen molar-refractivity contribution < 1.29 is 0 Å². The van der Waals surface area contributed by atoms with Gasteiger partial charge in [0.2, 0.25) is 0 Å². The Kier molecular flexibility index (Phi) is 4.86. The average Bonchev–Trinajstić information content (AvgIpc) is 3.00. The molecule has 3 nitrogen and oxygen atoms in total. The van der Waals surface area contributed by atoms with Crippen LogP contribution in [-0.2, 0) is 0 Å². The van der Waals surface area contributed by atoms with Crippen molar-refractivity contribution in [2.75, 3.05) is 13.1 Å².